The van der Waals surface area contributed by atoms with Crippen molar-refractivity contribution in [3.8, 4) is 5.75 Å². The van der Waals surface area contributed by atoms with E-state index in [9.17, 15) is 26.7 Å². The molecule has 1 fully saturated rings. The topological polar surface area (TPSA) is 63.2 Å². The number of halogens is 5. The van der Waals surface area contributed by atoms with Gasteiger partial charge in [0.1, 0.15) is 0 Å². The van der Waals surface area contributed by atoms with Gasteiger partial charge in [0.2, 0.25) is 0 Å². The number of fused-ring (bicyclic) bond motifs is 1. The van der Waals surface area contributed by atoms with E-state index in [1.165, 1.54) is 19.2 Å². The minimum absolute atomic E-state index is 0.0913. The summed E-state index contributed by atoms with van der Waals surface area (Å²) in [6.45, 7) is -1.77. The van der Waals surface area contributed by atoms with E-state index in [0.29, 0.717) is 12.8 Å². The molecule has 0 saturated heterocycles. The van der Waals surface area contributed by atoms with Crippen molar-refractivity contribution in [2.24, 2.45) is 0 Å². The lowest BCUT2D eigenvalue weighted by atomic mass is 9.86. The molecule has 1 heterocycles. The lowest BCUT2D eigenvalue weighted by Gasteiger charge is -2.38. The zero-order valence-electron chi connectivity index (χ0n) is 14.8. The Bertz CT molecular complexity index is 858. The molecule has 1 aromatic carbocycles. The van der Waals surface area contributed by atoms with E-state index >= 15 is 0 Å². The number of aromatic nitrogens is 1. The van der Waals surface area contributed by atoms with Gasteiger partial charge in [0, 0.05) is 29.7 Å². The summed E-state index contributed by atoms with van der Waals surface area (Å²) in [5.41, 5.74) is 0.370. The van der Waals surface area contributed by atoms with Crippen molar-refractivity contribution in [2.75, 3.05) is 0 Å². The molecule has 0 bridgehead atoms. The number of nitrogens with one attached hydrogen (secondary N) is 2. The van der Waals surface area contributed by atoms with Crippen LogP contribution in [0.5, 0.6) is 5.75 Å². The average Bonchev–Trinajstić information content (AvgIpc) is 2.59. The van der Waals surface area contributed by atoms with Gasteiger partial charge in [-0.05, 0) is 31.9 Å². The number of rotatable bonds is 7. The summed E-state index contributed by atoms with van der Waals surface area (Å²) < 4.78 is 67.5. The first-order chi connectivity index (χ1) is 13.2. The summed E-state index contributed by atoms with van der Waals surface area (Å²) in [4.78, 5) is 16.3. The third kappa shape index (κ3) is 4.67. The van der Waals surface area contributed by atoms with Crippen LogP contribution in [-0.2, 0) is 0 Å². The van der Waals surface area contributed by atoms with E-state index in [1.54, 1.807) is 0 Å². The molecular weight excluding hydrogens is 385 g/mol. The predicted molar refractivity (Wildman–Crippen MR) is 91.2 cm³/mol. The van der Waals surface area contributed by atoms with Gasteiger partial charge in [-0.25, -0.2) is 13.2 Å². The molecule has 0 aliphatic heterocycles. The third-order valence-corrected chi connectivity index (χ3v) is 4.56. The number of carbonyl (C=O) groups excluding carboxylic acids is 1. The second-order valence-corrected chi connectivity index (χ2v) is 6.71. The molecule has 1 unspecified atom stereocenters. The minimum Gasteiger partial charge on any atom is -0.432 e. The summed E-state index contributed by atoms with van der Waals surface area (Å²) in [5.74, 6) is -2.06. The molecule has 5 nitrogen and oxygen atoms in total. The number of ether oxygens (including phenoxy) is 1. The van der Waals surface area contributed by atoms with Gasteiger partial charge in [-0.2, -0.15) is 8.78 Å². The van der Waals surface area contributed by atoms with Crippen molar-refractivity contribution in [3.63, 3.8) is 0 Å². The summed E-state index contributed by atoms with van der Waals surface area (Å²) in [7, 11) is 0. The molecule has 2 N–H and O–H groups in total. The van der Waals surface area contributed by atoms with Crippen LogP contribution in [0.15, 0.2) is 24.4 Å². The van der Waals surface area contributed by atoms with Crippen molar-refractivity contribution < 1.29 is 31.5 Å². The number of hydrogen-bond acceptors (Lipinski definition) is 4. The van der Waals surface area contributed by atoms with E-state index < -0.39 is 36.6 Å². The van der Waals surface area contributed by atoms with Crippen LogP contribution in [0.1, 0.15) is 30.1 Å². The van der Waals surface area contributed by atoms with Crippen LogP contribution >= 0.6 is 0 Å². The highest BCUT2D eigenvalue weighted by Crippen LogP contribution is 2.26. The smallest absolute Gasteiger partial charge is 0.387 e. The van der Waals surface area contributed by atoms with Gasteiger partial charge in [-0.15, -0.1) is 0 Å². The Morgan fingerprint density at radius 1 is 1.18 bits per heavy atom. The van der Waals surface area contributed by atoms with Crippen LogP contribution in [0.25, 0.3) is 10.9 Å². The first-order valence-electron chi connectivity index (χ1n) is 8.62. The molecule has 10 heteroatoms. The van der Waals surface area contributed by atoms with E-state index in [2.05, 4.69) is 20.4 Å². The molecule has 2 aromatic rings. The molecule has 0 spiro atoms. The van der Waals surface area contributed by atoms with Crippen molar-refractivity contribution in [3.05, 3.63) is 35.8 Å². The lowest BCUT2D eigenvalue weighted by molar-refractivity contribution is -0.0520. The summed E-state index contributed by atoms with van der Waals surface area (Å²) in [6.07, 6.45) is -0.168. The zero-order valence-corrected chi connectivity index (χ0v) is 14.8. The maximum absolute atomic E-state index is 13.8. The SMILES string of the molecule is CC(N[C@H]1C[C@H](NC(=O)c2cnc3cc(OC(F)F)c(F)cc3c2)C1)C(F)F. The molecule has 3 rings (SSSR count). The Hall–Kier alpha value is -2.49. The molecule has 1 aliphatic rings. The first kappa shape index (κ1) is 20.2. The minimum atomic E-state index is -3.17. The number of pyridine rings is 1. The number of alkyl halides is 4. The van der Waals surface area contributed by atoms with Gasteiger partial charge in [0.15, 0.2) is 11.6 Å². The van der Waals surface area contributed by atoms with E-state index in [0.717, 1.165) is 12.1 Å². The van der Waals surface area contributed by atoms with Gasteiger partial charge in [-0.3, -0.25) is 9.78 Å². The van der Waals surface area contributed by atoms with E-state index in [-0.39, 0.29) is 28.6 Å². The first-order valence-corrected chi connectivity index (χ1v) is 8.62. The highest BCUT2D eigenvalue weighted by molar-refractivity contribution is 5.97. The quantitative estimate of drug-likeness (QED) is 0.695. The Morgan fingerprint density at radius 3 is 2.54 bits per heavy atom. The molecule has 1 amide bonds. The molecule has 1 saturated carbocycles. The second-order valence-electron chi connectivity index (χ2n) is 6.71. The molecule has 28 heavy (non-hydrogen) atoms. The summed E-state index contributed by atoms with van der Waals surface area (Å²) in [5, 5.41) is 5.80. The van der Waals surface area contributed by atoms with Crippen molar-refractivity contribution in [1.82, 2.24) is 15.6 Å². The van der Waals surface area contributed by atoms with Gasteiger partial charge in [0.25, 0.3) is 12.3 Å². The van der Waals surface area contributed by atoms with Gasteiger partial charge in [-0.1, -0.05) is 0 Å². The maximum Gasteiger partial charge on any atom is 0.387 e. The van der Waals surface area contributed by atoms with Crippen molar-refractivity contribution >= 4 is 16.8 Å². The third-order valence-electron chi connectivity index (χ3n) is 4.56. The molecule has 1 aromatic heterocycles. The number of hydrogen-bond donors (Lipinski definition) is 2. The van der Waals surface area contributed by atoms with Crippen LogP contribution in [-0.4, -0.2) is 42.1 Å². The highest BCUT2D eigenvalue weighted by Gasteiger charge is 2.32. The molecule has 0 radical (unpaired) electrons. The number of carbonyl (C=O) groups is 1. The molecule has 152 valence electrons. The Morgan fingerprint density at radius 2 is 1.89 bits per heavy atom. The average molecular weight is 403 g/mol. The van der Waals surface area contributed by atoms with Crippen molar-refractivity contribution in [1.29, 1.82) is 0 Å². The lowest BCUT2D eigenvalue weighted by Crippen LogP contribution is -2.55. The molecule has 1 atom stereocenters. The molecule has 1 aliphatic carbocycles. The Kier molecular flexibility index (Phi) is 5.97. The largest absolute Gasteiger partial charge is 0.432 e. The normalized spacial score (nSPS) is 20.3. The van der Waals surface area contributed by atoms with Gasteiger partial charge >= 0.3 is 6.61 Å². The Labute approximate surface area is 157 Å². The molecular formula is C18H18F5N3O2. The zero-order chi connectivity index (χ0) is 20.4. The fourth-order valence-electron chi connectivity index (χ4n) is 3.02. The standard InChI is InChI=1S/C18H18F5N3O2/c1-8(16(20)21)25-11-4-12(5-11)26-17(27)10-2-9-3-13(19)15(28-18(22)23)6-14(9)24-7-10/h2-3,6-8,11-12,16,18,25H,4-5H2,1H3,(H,26,27)/t8?,11-,12-. The number of nitrogens with zero attached hydrogens (tertiary/aromatic N) is 1. The maximum atomic E-state index is 13.8. The summed E-state index contributed by atoms with van der Waals surface area (Å²) >= 11 is 0. The van der Waals surface area contributed by atoms with Crippen LogP contribution in [0, 0.1) is 5.82 Å². The van der Waals surface area contributed by atoms with Crippen LogP contribution in [0.4, 0.5) is 22.0 Å². The Balaban J connectivity index is 1.62. The van der Waals surface area contributed by atoms with Crippen LogP contribution in [0.3, 0.4) is 0 Å². The highest BCUT2D eigenvalue weighted by atomic mass is 19.3. The fraction of sp³-hybridized carbons (Fsp3) is 0.444. The van der Waals surface area contributed by atoms with E-state index in [4.69, 9.17) is 0 Å². The number of amides is 1. The van der Waals surface area contributed by atoms with E-state index in [1.807, 2.05) is 0 Å². The predicted octanol–water partition coefficient (Wildman–Crippen LogP) is 3.48. The summed E-state index contributed by atoms with van der Waals surface area (Å²) in [6, 6.07) is 2.22. The fourth-order valence-corrected chi connectivity index (χ4v) is 3.02. The van der Waals surface area contributed by atoms with Gasteiger partial charge in [0.05, 0.1) is 17.1 Å². The van der Waals surface area contributed by atoms with Crippen molar-refractivity contribution in [2.45, 2.75) is 50.9 Å². The second kappa shape index (κ2) is 8.26. The van der Waals surface area contributed by atoms with Crippen LogP contribution in [0.2, 0.25) is 0 Å². The number of benzene rings is 1. The van der Waals surface area contributed by atoms with Gasteiger partial charge < -0.3 is 15.4 Å². The van der Waals surface area contributed by atoms with Crippen LogP contribution < -0.4 is 15.4 Å². The monoisotopic (exact) mass is 403 g/mol.